The van der Waals surface area contributed by atoms with Gasteiger partial charge in [-0.3, -0.25) is 0 Å². The Kier molecular flexibility index (Phi) is 2.97. The second-order valence-electron chi connectivity index (χ2n) is 2.21. The van der Waals surface area contributed by atoms with Gasteiger partial charge in [-0.05, 0) is 6.92 Å². The minimum absolute atomic E-state index is 0.281. The van der Waals surface area contributed by atoms with Crippen LogP contribution in [-0.2, 0) is 0 Å². The molecule has 1 atom stereocenters. The minimum atomic E-state index is -5.42. The normalized spacial score (nSPS) is 18.5. The number of rotatable bonds is 3. The predicted molar refractivity (Wildman–Crippen MR) is 25.9 cm³/mol. The first kappa shape index (κ1) is 11.5. The van der Waals surface area contributed by atoms with Gasteiger partial charge < -0.3 is 0 Å². The Morgan fingerprint density at radius 2 is 1.42 bits per heavy atom. The van der Waals surface area contributed by atoms with Gasteiger partial charge in [0.2, 0.25) is 5.67 Å². The molecule has 0 aliphatic heterocycles. The molecule has 0 bridgehead atoms. The lowest BCUT2D eigenvalue weighted by atomic mass is 10.0. The van der Waals surface area contributed by atoms with Gasteiger partial charge in [-0.25, -0.2) is 13.2 Å². The summed E-state index contributed by atoms with van der Waals surface area (Å²) in [5.41, 5.74) is -4.54. The Morgan fingerprint density at radius 1 is 1.08 bits per heavy atom. The lowest BCUT2D eigenvalue weighted by Gasteiger charge is -2.27. The van der Waals surface area contributed by atoms with Gasteiger partial charge in [0, 0.05) is 0 Å². The van der Waals surface area contributed by atoms with Gasteiger partial charge in [-0.2, -0.15) is 17.6 Å². The Hall–Kier alpha value is -0.490. The van der Waals surface area contributed by atoms with Crippen molar-refractivity contribution < 1.29 is 30.7 Å². The highest BCUT2D eigenvalue weighted by atomic mass is 19.3. The quantitative estimate of drug-likeness (QED) is 0.610. The maximum absolute atomic E-state index is 12.2. The zero-order valence-corrected chi connectivity index (χ0v) is 5.72. The van der Waals surface area contributed by atoms with Gasteiger partial charge in [0.15, 0.2) is 0 Å². The van der Waals surface area contributed by atoms with Crippen molar-refractivity contribution in [1.82, 2.24) is 0 Å². The van der Waals surface area contributed by atoms with Crippen molar-refractivity contribution in [2.75, 3.05) is 0 Å². The molecule has 0 amide bonds. The second-order valence-corrected chi connectivity index (χ2v) is 2.21. The number of hydrogen-bond donors (Lipinski definition) is 0. The van der Waals surface area contributed by atoms with Crippen molar-refractivity contribution in [3.05, 3.63) is 6.43 Å². The molecular formula is C5H4F7. The topological polar surface area (TPSA) is 0 Å². The average molecular weight is 197 g/mol. The summed E-state index contributed by atoms with van der Waals surface area (Å²) in [5, 5.41) is 0. The van der Waals surface area contributed by atoms with Crippen LogP contribution in [0, 0.1) is 6.43 Å². The lowest BCUT2D eigenvalue weighted by Crippen LogP contribution is -2.49. The molecular weight excluding hydrogens is 193 g/mol. The van der Waals surface area contributed by atoms with Crippen molar-refractivity contribution >= 4 is 0 Å². The SMILES string of the molecule is CC(F)(C(F)F)C(F)(F)[C](F)F. The van der Waals surface area contributed by atoms with E-state index in [0.29, 0.717) is 0 Å². The summed E-state index contributed by atoms with van der Waals surface area (Å²) < 4.78 is 81.6. The molecule has 0 saturated carbocycles. The van der Waals surface area contributed by atoms with Crippen molar-refractivity contribution in [2.45, 2.75) is 24.9 Å². The fourth-order valence-electron chi connectivity index (χ4n) is 0.322. The van der Waals surface area contributed by atoms with Gasteiger partial charge in [0.1, 0.15) is 0 Å². The molecule has 0 nitrogen and oxygen atoms in total. The first-order valence-corrected chi connectivity index (χ1v) is 2.67. The Balaban J connectivity index is 4.75. The summed E-state index contributed by atoms with van der Waals surface area (Å²) in [6, 6.07) is 0. The van der Waals surface area contributed by atoms with E-state index in [9.17, 15) is 30.7 Å². The van der Waals surface area contributed by atoms with E-state index >= 15 is 0 Å². The first-order valence-electron chi connectivity index (χ1n) is 2.67. The van der Waals surface area contributed by atoms with Crippen LogP contribution in [-0.4, -0.2) is 18.0 Å². The van der Waals surface area contributed by atoms with E-state index in [4.69, 9.17) is 0 Å². The summed E-state index contributed by atoms with van der Waals surface area (Å²) in [4.78, 5) is 0. The largest absolute Gasteiger partial charge is 0.381 e. The molecule has 0 heterocycles. The molecule has 0 fully saturated rings. The van der Waals surface area contributed by atoms with E-state index in [1.54, 1.807) is 0 Å². The van der Waals surface area contributed by atoms with Crippen LogP contribution in [0.3, 0.4) is 0 Å². The Labute approximate surface area is 63.4 Å². The zero-order valence-electron chi connectivity index (χ0n) is 5.72. The molecule has 1 unspecified atom stereocenters. The molecule has 12 heavy (non-hydrogen) atoms. The van der Waals surface area contributed by atoms with Crippen molar-refractivity contribution in [3.63, 3.8) is 0 Å². The molecule has 0 aliphatic rings. The van der Waals surface area contributed by atoms with Gasteiger partial charge in [0.05, 0.1) is 0 Å². The summed E-state index contributed by atoms with van der Waals surface area (Å²) in [6.45, 7) is -0.281. The van der Waals surface area contributed by atoms with Crippen molar-refractivity contribution in [1.29, 1.82) is 0 Å². The Morgan fingerprint density at radius 3 is 1.50 bits per heavy atom. The molecule has 0 aliphatic carbocycles. The van der Waals surface area contributed by atoms with Crippen LogP contribution in [0.2, 0.25) is 0 Å². The van der Waals surface area contributed by atoms with Crippen LogP contribution in [0.1, 0.15) is 6.92 Å². The molecule has 7 heteroatoms. The monoisotopic (exact) mass is 197 g/mol. The highest BCUT2D eigenvalue weighted by Crippen LogP contribution is 2.44. The second kappa shape index (κ2) is 3.10. The molecule has 1 radical (unpaired) electrons. The van der Waals surface area contributed by atoms with E-state index in [-0.39, 0.29) is 6.92 Å². The highest BCUT2D eigenvalue weighted by molar-refractivity contribution is 5.01. The molecule has 0 N–H and O–H groups in total. The van der Waals surface area contributed by atoms with Crippen LogP contribution < -0.4 is 0 Å². The molecule has 0 spiro atoms. The number of hydrogen-bond acceptors (Lipinski definition) is 0. The average Bonchev–Trinajstić information content (AvgIpc) is 1.86. The standard InChI is InChI=1S/C5H4F7/c1-4(10,2(6)7)5(11,12)3(8)9/h2H,1H3. The van der Waals surface area contributed by atoms with Crippen LogP contribution >= 0.6 is 0 Å². The fourth-order valence-corrected chi connectivity index (χ4v) is 0.322. The van der Waals surface area contributed by atoms with Crippen LogP contribution in [0.15, 0.2) is 0 Å². The highest BCUT2D eigenvalue weighted by Gasteiger charge is 2.64. The van der Waals surface area contributed by atoms with Crippen molar-refractivity contribution in [3.8, 4) is 0 Å². The number of alkyl halides is 5. The van der Waals surface area contributed by atoms with Crippen LogP contribution in [0.4, 0.5) is 30.7 Å². The molecule has 0 saturated heterocycles. The summed E-state index contributed by atoms with van der Waals surface area (Å²) in [6.07, 6.45) is -7.83. The lowest BCUT2D eigenvalue weighted by molar-refractivity contribution is -0.207. The third kappa shape index (κ3) is 1.64. The first-order chi connectivity index (χ1) is 5.14. The Bertz CT molecular complexity index is 132. The van der Waals surface area contributed by atoms with Gasteiger partial charge in [0.25, 0.3) is 6.43 Å². The summed E-state index contributed by atoms with van der Waals surface area (Å²) in [5.74, 6) is -5.42. The van der Waals surface area contributed by atoms with E-state index in [0.717, 1.165) is 0 Å². The van der Waals surface area contributed by atoms with E-state index in [1.165, 1.54) is 0 Å². The maximum Gasteiger partial charge on any atom is 0.381 e. The number of halogens is 7. The third-order valence-electron chi connectivity index (χ3n) is 1.26. The molecule has 0 rings (SSSR count). The maximum atomic E-state index is 12.2. The van der Waals surface area contributed by atoms with Gasteiger partial charge in [-0.1, -0.05) is 0 Å². The summed E-state index contributed by atoms with van der Waals surface area (Å²) >= 11 is 0. The molecule has 0 aromatic carbocycles. The minimum Gasteiger partial charge on any atom is -0.231 e. The predicted octanol–water partition coefficient (Wildman–Crippen LogP) is 3.04. The van der Waals surface area contributed by atoms with E-state index in [1.807, 2.05) is 0 Å². The van der Waals surface area contributed by atoms with E-state index in [2.05, 4.69) is 0 Å². The fraction of sp³-hybridized carbons (Fsp3) is 0.800. The molecule has 0 aromatic heterocycles. The molecule has 0 aromatic rings. The van der Waals surface area contributed by atoms with Gasteiger partial charge >= 0.3 is 12.3 Å². The van der Waals surface area contributed by atoms with E-state index < -0.39 is 24.4 Å². The molecule has 73 valence electrons. The zero-order chi connectivity index (χ0) is 10.2. The summed E-state index contributed by atoms with van der Waals surface area (Å²) in [7, 11) is 0. The van der Waals surface area contributed by atoms with Crippen LogP contribution in [0.5, 0.6) is 0 Å². The van der Waals surface area contributed by atoms with Crippen molar-refractivity contribution in [2.24, 2.45) is 0 Å². The smallest absolute Gasteiger partial charge is 0.231 e. The van der Waals surface area contributed by atoms with Crippen LogP contribution in [0.25, 0.3) is 0 Å². The third-order valence-corrected chi connectivity index (χ3v) is 1.26. The van der Waals surface area contributed by atoms with Gasteiger partial charge in [-0.15, -0.1) is 0 Å².